The van der Waals surface area contributed by atoms with Gasteiger partial charge in [-0.2, -0.15) is 0 Å². The Hall–Kier alpha value is -1.75. The molecule has 0 saturated carbocycles. The molecule has 0 radical (unpaired) electrons. The zero-order valence-electron chi connectivity index (χ0n) is 16.2. The van der Waals surface area contributed by atoms with E-state index in [0.717, 1.165) is 30.5 Å². The van der Waals surface area contributed by atoms with Gasteiger partial charge in [0.1, 0.15) is 6.04 Å². The first-order valence-corrected chi connectivity index (χ1v) is 9.26. The molecule has 1 aromatic carbocycles. The zero-order chi connectivity index (χ0) is 18.6. The van der Waals surface area contributed by atoms with Crippen molar-refractivity contribution in [2.24, 2.45) is 11.8 Å². The molecule has 0 aromatic heterocycles. The maximum Gasteiger partial charge on any atom is 0.243 e. The van der Waals surface area contributed by atoms with Crippen LogP contribution in [0, 0.1) is 11.8 Å². The second-order valence-corrected chi connectivity index (χ2v) is 7.80. The van der Waals surface area contributed by atoms with Gasteiger partial charge < -0.3 is 16.4 Å². The minimum Gasteiger partial charge on any atom is -0.399 e. The van der Waals surface area contributed by atoms with Gasteiger partial charge in [-0.25, -0.2) is 0 Å². The Morgan fingerprint density at radius 3 is 2.54 bits per heavy atom. The molecule has 2 amide bonds. The van der Waals surface area contributed by atoms with Gasteiger partial charge in [0.05, 0.1) is 6.04 Å². The summed E-state index contributed by atoms with van der Waals surface area (Å²) in [5.41, 5.74) is 8.99. The van der Waals surface area contributed by atoms with Gasteiger partial charge in [0.25, 0.3) is 0 Å². The molecule has 2 atom stereocenters. The molecule has 146 valence electrons. The average Bonchev–Trinajstić information content (AvgIpc) is 2.51. The molecule has 26 heavy (non-hydrogen) atoms. The van der Waals surface area contributed by atoms with E-state index in [-0.39, 0.29) is 42.1 Å². The number of nitrogens with two attached hydrogens (primary N) is 1. The summed E-state index contributed by atoms with van der Waals surface area (Å²) in [6.07, 6.45) is 3.36. The van der Waals surface area contributed by atoms with Gasteiger partial charge in [0, 0.05) is 12.1 Å². The molecule has 6 heteroatoms. The number of carbonyl (C=O) groups is 2. The number of fused-ring (bicyclic) bond motifs is 1. The van der Waals surface area contributed by atoms with Crippen LogP contribution in [0.15, 0.2) is 18.2 Å². The first kappa shape index (κ1) is 22.3. The number of carbonyl (C=O) groups excluding carboxylic acids is 2. The highest BCUT2D eigenvalue weighted by Gasteiger charge is 2.28. The highest BCUT2D eigenvalue weighted by atomic mass is 35.5. The number of nitrogens with one attached hydrogen (secondary N) is 2. The Balaban J connectivity index is 0.00000338. The maximum atomic E-state index is 12.8. The lowest BCUT2D eigenvalue weighted by atomic mass is 9.87. The van der Waals surface area contributed by atoms with Crippen LogP contribution in [0.3, 0.4) is 0 Å². The minimum absolute atomic E-state index is 0. The lowest BCUT2D eigenvalue weighted by molar-refractivity contribution is -0.131. The quantitative estimate of drug-likeness (QED) is 0.660. The van der Waals surface area contributed by atoms with Crippen LogP contribution in [0.4, 0.5) is 5.69 Å². The van der Waals surface area contributed by atoms with Crippen LogP contribution in [0.5, 0.6) is 0 Å². The molecule has 2 unspecified atom stereocenters. The molecule has 2 rings (SSSR count). The monoisotopic (exact) mass is 381 g/mol. The fourth-order valence-corrected chi connectivity index (χ4v) is 3.38. The number of halogens is 1. The van der Waals surface area contributed by atoms with Crippen LogP contribution in [-0.4, -0.2) is 17.9 Å². The highest BCUT2D eigenvalue weighted by molar-refractivity contribution is 5.88. The number of hydrogen-bond acceptors (Lipinski definition) is 3. The van der Waals surface area contributed by atoms with E-state index >= 15 is 0 Å². The first-order valence-electron chi connectivity index (χ1n) is 9.26. The number of hydrogen-bond donors (Lipinski definition) is 3. The van der Waals surface area contributed by atoms with Crippen molar-refractivity contribution in [1.82, 2.24) is 10.6 Å². The van der Waals surface area contributed by atoms with Crippen LogP contribution < -0.4 is 16.4 Å². The lowest BCUT2D eigenvalue weighted by Crippen LogP contribution is -2.50. The van der Waals surface area contributed by atoms with Crippen molar-refractivity contribution < 1.29 is 9.59 Å². The van der Waals surface area contributed by atoms with Crippen molar-refractivity contribution >= 4 is 29.9 Å². The molecule has 0 bridgehead atoms. The van der Waals surface area contributed by atoms with E-state index < -0.39 is 6.04 Å². The smallest absolute Gasteiger partial charge is 0.243 e. The molecule has 1 aliphatic rings. The maximum absolute atomic E-state index is 12.8. The standard InChI is InChI=1S/C20H31N3O2.ClH/c1-12(2)10-18(24)23-19(13(3)4)20(25)22-17-7-5-6-14-11-15(21)8-9-16(14)17;/h8-9,11-13,17,19H,5-7,10,21H2,1-4H3,(H,22,25)(H,23,24);1H. The van der Waals surface area contributed by atoms with Crippen molar-refractivity contribution in [3.63, 3.8) is 0 Å². The summed E-state index contributed by atoms with van der Waals surface area (Å²) in [5.74, 6) is 0.125. The summed E-state index contributed by atoms with van der Waals surface area (Å²) < 4.78 is 0. The highest BCUT2D eigenvalue weighted by Crippen LogP contribution is 2.31. The van der Waals surface area contributed by atoms with Crippen molar-refractivity contribution in [2.45, 2.75) is 65.5 Å². The van der Waals surface area contributed by atoms with Gasteiger partial charge in [-0.1, -0.05) is 33.8 Å². The van der Waals surface area contributed by atoms with Crippen molar-refractivity contribution in [3.05, 3.63) is 29.3 Å². The third-order valence-electron chi connectivity index (χ3n) is 4.66. The number of benzene rings is 1. The van der Waals surface area contributed by atoms with Crippen molar-refractivity contribution in [3.8, 4) is 0 Å². The van der Waals surface area contributed by atoms with E-state index in [2.05, 4.69) is 10.6 Å². The summed E-state index contributed by atoms with van der Waals surface area (Å²) in [5, 5.41) is 6.04. The van der Waals surface area contributed by atoms with E-state index in [1.165, 1.54) is 5.56 Å². The fourth-order valence-electron chi connectivity index (χ4n) is 3.38. The molecule has 1 aromatic rings. The number of rotatable bonds is 6. The topological polar surface area (TPSA) is 84.2 Å². The Morgan fingerprint density at radius 2 is 1.92 bits per heavy atom. The van der Waals surface area contributed by atoms with E-state index in [1.54, 1.807) is 0 Å². The molecule has 5 nitrogen and oxygen atoms in total. The number of amides is 2. The van der Waals surface area contributed by atoms with Crippen LogP contribution in [0.1, 0.15) is 64.1 Å². The van der Waals surface area contributed by atoms with Gasteiger partial charge in [-0.15, -0.1) is 12.4 Å². The van der Waals surface area contributed by atoms with Crippen molar-refractivity contribution in [2.75, 3.05) is 5.73 Å². The van der Waals surface area contributed by atoms with Crippen LogP contribution in [-0.2, 0) is 16.0 Å². The second-order valence-electron chi connectivity index (χ2n) is 7.80. The van der Waals surface area contributed by atoms with Crippen LogP contribution >= 0.6 is 12.4 Å². The predicted molar refractivity (Wildman–Crippen MR) is 108 cm³/mol. The van der Waals surface area contributed by atoms with Crippen LogP contribution in [0.2, 0.25) is 0 Å². The molecule has 0 heterocycles. The fraction of sp³-hybridized carbons (Fsp3) is 0.600. The summed E-state index contributed by atoms with van der Waals surface area (Å²) in [6.45, 7) is 7.90. The molecule has 4 N–H and O–H groups in total. The number of nitrogen functional groups attached to an aromatic ring is 1. The summed E-state index contributed by atoms with van der Waals surface area (Å²) in [7, 11) is 0. The molecule has 0 spiro atoms. The third-order valence-corrected chi connectivity index (χ3v) is 4.66. The SMILES string of the molecule is CC(C)CC(=O)NC(C(=O)NC1CCCc2cc(N)ccc21)C(C)C.Cl. The van der Waals surface area contributed by atoms with Gasteiger partial charge in [-0.3, -0.25) is 9.59 Å². The van der Waals surface area contributed by atoms with E-state index in [1.807, 2.05) is 45.9 Å². The Kier molecular flexibility index (Phi) is 8.41. The minimum atomic E-state index is -0.509. The lowest BCUT2D eigenvalue weighted by Gasteiger charge is -2.30. The average molecular weight is 382 g/mol. The van der Waals surface area contributed by atoms with Crippen molar-refractivity contribution in [1.29, 1.82) is 0 Å². The number of anilines is 1. The first-order chi connectivity index (χ1) is 11.8. The molecule has 0 saturated heterocycles. The van der Waals surface area contributed by atoms with Gasteiger partial charge in [-0.05, 0) is 54.4 Å². The van der Waals surface area contributed by atoms with E-state index in [0.29, 0.717) is 6.42 Å². The molecular weight excluding hydrogens is 350 g/mol. The molecule has 1 aliphatic carbocycles. The number of aryl methyl sites for hydroxylation is 1. The molecule has 0 aliphatic heterocycles. The normalized spacial score (nSPS) is 17.2. The summed E-state index contributed by atoms with van der Waals surface area (Å²) >= 11 is 0. The summed E-state index contributed by atoms with van der Waals surface area (Å²) in [4.78, 5) is 24.9. The van der Waals surface area contributed by atoms with Gasteiger partial charge >= 0.3 is 0 Å². The Morgan fingerprint density at radius 1 is 1.23 bits per heavy atom. The predicted octanol–water partition coefficient (Wildman–Crippen LogP) is 3.37. The van der Waals surface area contributed by atoms with E-state index in [4.69, 9.17) is 5.73 Å². The summed E-state index contributed by atoms with van der Waals surface area (Å²) in [6, 6.07) is 5.37. The van der Waals surface area contributed by atoms with Gasteiger partial charge in [0.2, 0.25) is 11.8 Å². The molecule has 0 fully saturated rings. The largest absolute Gasteiger partial charge is 0.399 e. The second kappa shape index (κ2) is 9.81. The van der Waals surface area contributed by atoms with E-state index in [9.17, 15) is 9.59 Å². The zero-order valence-corrected chi connectivity index (χ0v) is 17.0. The molecular formula is C20H32ClN3O2. The van der Waals surface area contributed by atoms with Crippen LogP contribution in [0.25, 0.3) is 0 Å². The Labute approximate surface area is 162 Å². The third kappa shape index (κ3) is 5.90. The Bertz CT molecular complexity index is 631. The van der Waals surface area contributed by atoms with Gasteiger partial charge in [0.15, 0.2) is 0 Å².